The molecule has 0 spiro atoms. The Kier molecular flexibility index (Phi) is 3.44. The van der Waals surface area contributed by atoms with Gasteiger partial charge in [-0.15, -0.1) is 0 Å². The lowest BCUT2D eigenvalue weighted by Crippen LogP contribution is -1.97. The number of aliphatic hydroxyl groups excluding tert-OH is 1. The SMILES string of the molecule is COc1cc2ccnc(CCO)c2cc1OC. The molecule has 0 amide bonds. The number of rotatable bonds is 4. The fourth-order valence-corrected chi connectivity index (χ4v) is 1.86. The monoisotopic (exact) mass is 233 g/mol. The lowest BCUT2D eigenvalue weighted by Gasteiger charge is -2.10. The van der Waals surface area contributed by atoms with Crippen molar-refractivity contribution < 1.29 is 14.6 Å². The van der Waals surface area contributed by atoms with Gasteiger partial charge >= 0.3 is 0 Å². The van der Waals surface area contributed by atoms with Crippen LogP contribution in [-0.2, 0) is 6.42 Å². The van der Waals surface area contributed by atoms with E-state index < -0.39 is 0 Å². The molecule has 1 N–H and O–H groups in total. The Hall–Kier alpha value is -1.81. The summed E-state index contributed by atoms with van der Waals surface area (Å²) in [5.41, 5.74) is 0.867. The van der Waals surface area contributed by atoms with E-state index in [4.69, 9.17) is 14.6 Å². The van der Waals surface area contributed by atoms with Gasteiger partial charge in [-0.3, -0.25) is 4.98 Å². The lowest BCUT2D eigenvalue weighted by atomic mass is 10.1. The number of pyridine rings is 1. The Balaban J connectivity index is 2.64. The first-order valence-corrected chi connectivity index (χ1v) is 5.40. The summed E-state index contributed by atoms with van der Waals surface area (Å²) in [6, 6.07) is 5.72. The quantitative estimate of drug-likeness (QED) is 0.874. The second kappa shape index (κ2) is 5.01. The molecule has 0 aliphatic heterocycles. The normalized spacial score (nSPS) is 10.5. The van der Waals surface area contributed by atoms with E-state index in [-0.39, 0.29) is 6.61 Å². The fourth-order valence-electron chi connectivity index (χ4n) is 1.86. The maximum atomic E-state index is 9.01. The Labute approximate surface area is 99.8 Å². The molecule has 0 saturated carbocycles. The van der Waals surface area contributed by atoms with Crippen molar-refractivity contribution in [3.05, 3.63) is 30.1 Å². The molecule has 0 atom stereocenters. The van der Waals surface area contributed by atoms with Gasteiger partial charge in [-0.05, 0) is 23.6 Å². The molecule has 4 nitrogen and oxygen atoms in total. The van der Waals surface area contributed by atoms with E-state index in [1.807, 2.05) is 18.2 Å². The summed E-state index contributed by atoms with van der Waals surface area (Å²) in [6.45, 7) is 0.0838. The van der Waals surface area contributed by atoms with E-state index in [0.717, 1.165) is 16.5 Å². The molecule has 4 heteroatoms. The Morgan fingerprint density at radius 2 is 1.88 bits per heavy atom. The van der Waals surface area contributed by atoms with Crippen molar-refractivity contribution in [2.45, 2.75) is 6.42 Å². The van der Waals surface area contributed by atoms with Gasteiger partial charge in [-0.1, -0.05) is 0 Å². The van der Waals surface area contributed by atoms with Crippen LogP contribution >= 0.6 is 0 Å². The van der Waals surface area contributed by atoms with E-state index >= 15 is 0 Å². The van der Waals surface area contributed by atoms with Gasteiger partial charge in [0.25, 0.3) is 0 Å². The number of aliphatic hydroxyl groups is 1. The van der Waals surface area contributed by atoms with Crippen molar-refractivity contribution in [3.8, 4) is 11.5 Å². The predicted octanol–water partition coefficient (Wildman–Crippen LogP) is 1.79. The van der Waals surface area contributed by atoms with Gasteiger partial charge in [-0.25, -0.2) is 0 Å². The number of aromatic nitrogens is 1. The summed E-state index contributed by atoms with van der Waals surface area (Å²) in [4.78, 5) is 4.27. The number of fused-ring (bicyclic) bond motifs is 1. The lowest BCUT2D eigenvalue weighted by molar-refractivity contribution is 0.298. The Morgan fingerprint density at radius 3 is 2.53 bits per heavy atom. The average molecular weight is 233 g/mol. The van der Waals surface area contributed by atoms with Crippen LogP contribution in [0.4, 0.5) is 0 Å². The van der Waals surface area contributed by atoms with Crippen LogP contribution in [-0.4, -0.2) is 30.9 Å². The van der Waals surface area contributed by atoms with Crippen molar-refractivity contribution in [1.82, 2.24) is 4.98 Å². The van der Waals surface area contributed by atoms with E-state index in [9.17, 15) is 0 Å². The van der Waals surface area contributed by atoms with Crippen molar-refractivity contribution in [2.75, 3.05) is 20.8 Å². The highest BCUT2D eigenvalue weighted by atomic mass is 16.5. The van der Waals surface area contributed by atoms with Gasteiger partial charge < -0.3 is 14.6 Å². The molecule has 0 aliphatic carbocycles. The molecule has 2 rings (SSSR count). The third kappa shape index (κ3) is 2.17. The standard InChI is InChI=1S/C13H15NO3/c1-16-12-7-9-3-5-14-11(4-6-15)10(9)8-13(12)17-2/h3,5,7-8,15H,4,6H2,1-2H3. The van der Waals surface area contributed by atoms with Crippen LogP contribution in [0.15, 0.2) is 24.4 Å². The summed E-state index contributed by atoms with van der Waals surface area (Å²) in [5.74, 6) is 1.37. The van der Waals surface area contributed by atoms with Crippen molar-refractivity contribution >= 4 is 10.8 Å². The maximum Gasteiger partial charge on any atom is 0.161 e. The van der Waals surface area contributed by atoms with Gasteiger partial charge in [0.2, 0.25) is 0 Å². The van der Waals surface area contributed by atoms with E-state index in [2.05, 4.69) is 4.98 Å². The van der Waals surface area contributed by atoms with Crippen LogP contribution < -0.4 is 9.47 Å². The maximum absolute atomic E-state index is 9.01. The number of benzene rings is 1. The average Bonchev–Trinajstić information content (AvgIpc) is 2.38. The summed E-state index contributed by atoms with van der Waals surface area (Å²) in [5, 5.41) is 11.0. The molecule has 90 valence electrons. The topological polar surface area (TPSA) is 51.6 Å². The molecule has 2 aromatic rings. The summed E-state index contributed by atoms with van der Waals surface area (Å²) in [7, 11) is 3.21. The number of nitrogens with zero attached hydrogens (tertiary/aromatic N) is 1. The van der Waals surface area contributed by atoms with Crippen molar-refractivity contribution in [2.24, 2.45) is 0 Å². The smallest absolute Gasteiger partial charge is 0.161 e. The van der Waals surface area contributed by atoms with Crippen molar-refractivity contribution in [3.63, 3.8) is 0 Å². The fraction of sp³-hybridized carbons (Fsp3) is 0.308. The minimum atomic E-state index is 0.0838. The molecule has 0 radical (unpaired) electrons. The first-order chi connectivity index (χ1) is 8.30. The zero-order valence-electron chi connectivity index (χ0n) is 9.93. The minimum Gasteiger partial charge on any atom is -0.493 e. The molecule has 0 fully saturated rings. The molecule has 1 heterocycles. The predicted molar refractivity (Wildman–Crippen MR) is 65.6 cm³/mol. The van der Waals surface area contributed by atoms with Crippen LogP contribution in [0.2, 0.25) is 0 Å². The van der Waals surface area contributed by atoms with Gasteiger partial charge in [0, 0.05) is 24.6 Å². The van der Waals surface area contributed by atoms with Crippen LogP contribution in [0.25, 0.3) is 10.8 Å². The van der Waals surface area contributed by atoms with Gasteiger partial charge in [-0.2, -0.15) is 0 Å². The van der Waals surface area contributed by atoms with E-state index in [1.165, 1.54) is 0 Å². The molecule has 1 aromatic heterocycles. The van der Waals surface area contributed by atoms with E-state index in [1.54, 1.807) is 20.4 Å². The van der Waals surface area contributed by atoms with Crippen molar-refractivity contribution in [1.29, 1.82) is 0 Å². The molecule has 0 aliphatic rings. The number of methoxy groups -OCH3 is 2. The highest BCUT2D eigenvalue weighted by Gasteiger charge is 2.09. The molecule has 0 bridgehead atoms. The Morgan fingerprint density at radius 1 is 1.18 bits per heavy atom. The summed E-state index contributed by atoms with van der Waals surface area (Å²) < 4.78 is 10.5. The summed E-state index contributed by atoms with van der Waals surface area (Å²) >= 11 is 0. The zero-order chi connectivity index (χ0) is 12.3. The zero-order valence-corrected chi connectivity index (χ0v) is 9.93. The number of ether oxygens (including phenoxy) is 2. The molecular formula is C13H15NO3. The third-order valence-corrected chi connectivity index (χ3v) is 2.70. The highest BCUT2D eigenvalue weighted by Crippen LogP contribution is 2.32. The molecule has 0 saturated heterocycles. The first-order valence-electron chi connectivity index (χ1n) is 5.40. The number of hydrogen-bond acceptors (Lipinski definition) is 4. The minimum absolute atomic E-state index is 0.0838. The second-order valence-corrected chi connectivity index (χ2v) is 3.66. The van der Waals surface area contributed by atoms with Gasteiger partial charge in [0.05, 0.1) is 19.9 Å². The first kappa shape index (κ1) is 11.7. The largest absolute Gasteiger partial charge is 0.493 e. The summed E-state index contributed by atoms with van der Waals surface area (Å²) in [6.07, 6.45) is 2.27. The van der Waals surface area contributed by atoms with Crippen LogP contribution in [0.1, 0.15) is 5.69 Å². The molecule has 17 heavy (non-hydrogen) atoms. The van der Waals surface area contributed by atoms with Gasteiger partial charge in [0.15, 0.2) is 11.5 Å². The van der Waals surface area contributed by atoms with Crippen LogP contribution in [0, 0.1) is 0 Å². The molecule has 0 unspecified atom stereocenters. The second-order valence-electron chi connectivity index (χ2n) is 3.66. The van der Waals surface area contributed by atoms with E-state index in [0.29, 0.717) is 17.9 Å². The van der Waals surface area contributed by atoms with Gasteiger partial charge in [0.1, 0.15) is 0 Å². The van der Waals surface area contributed by atoms with Crippen LogP contribution in [0.3, 0.4) is 0 Å². The molecular weight excluding hydrogens is 218 g/mol. The molecule has 1 aromatic carbocycles. The number of hydrogen-bond donors (Lipinski definition) is 1. The highest BCUT2D eigenvalue weighted by molar-refractivity contribution is 5.87. The van der Waals surface area contributed by atoms with Crippen LogP contribution in [0.5, 0.6) is 11.5 Å². The Bertz CT molecular complexity index is 525. The third-order valence-electron chi connectivity index (χ3n) is 2.70.